The summed E-state index contributed by atoms with van der Waals surface area (Å²) >= 11 is 0. The maximum atomic E-state index is 6.05. The van der Waals surface area contributed by atoms with Gasteiger partial charge in [0.05, 0.1) is 11.7 Å². The highest BCUT2D eigenvalue weighted by molar-refractivity contribution is 5.57. The average Bonchev–Trinajstić information content (AvgIpc) is 2.51. The fourth-order valence-electron chi connectivity index (χ4n) is 2.42. The summed E-state index contributed by atoms with van der Waals surface area (Å²) in [6.45, 7) is 2.18. The van der Waals surface area contributed by atoms with Gasteiger partial charge in [-0.25, -0.2) is 0 Å². The van der Waals surface area contributed by atoms with E-state index < -0.39 is 0 Å². The van der Waals surface area contributed by atoms with Gasteiger partial charge in [-0.05, 0) is 30.9 Å². The lowest BCUT2D eigenvalue weighted by Crippen LogP contribution is -2.18. The van der Waals surface area contributed by atoms with Crippen LogP contribution in [0, 0.1) is 0 Å². The second-order valence-electron chi connectivity index (χ2n) is 4.42. The number of hydrogen-bond acceptors (Lipinski definition) is 1. The van der Waals surface area contributed by atoms with Crippen LogP contribution >= 0.6 is 0 Å². The molecule has 1 aromatic carbocycles. The minimum absolute atomic E-state index is 0.0241. The van der Waals surface area contributed by atoms with Crippen LogP contribution in [0.15, 0.2) is 30.3 Å². The van der Waals surface area contributed by atoms with Crippen molar-refractivity contribution in [2.24, 2.45) is 0 Å². The third-order valence-electron chi connectivity index (χ3n) is 3.27. The lowest BCUT2D eigenvalue weighted by Gasteiger charge is -2.18. The molecule has 0 aliphatic carbocycles. The SMILES string of the molecule is C[C@@]12C=Cc3ccccc3[C@@H](CC1)O2. The Hall–Kier alpha value is -1.08. The summed E-state index contributed by atoms with van der Waals surface area (Å²) in [6, 6.07) is 8.53. The smallest absolute Gasteiger partial charge is 0.0847 e. The Balaban J connectivity index is 2.15. The molecule has 72 valence electrons. The molecule has 2 aliphatic rings. The standard InChI is InChI=1S/C13H14O/c1-13-8-6-10-4-2-3-5-11(10)12(14-13)7-9-13/h2-6,8,12H,7,9H2,1H3/t12-,13-/m1/s1. The molecule has 1 heteroatoms. The van der Waals surface area contributed by atoms with Crippen molar-refractivity contribution in [2.75, 3.05) is 0 Å². The van der Waals surface area contributed by atoms with Gasteiger partial charge in [0.25, 0.3) is 0 Å². The normalized spacial score (nSPS) is 33.9. The molecule has 2 atom stereocenters. The predicted octanol–water partition coefficient (Wildman–Crippen LogP) is 3.32. The molecule has 1 nitrogen and oxygen atoms in total. The Bertz CT molecular complexity index is 394. The van der Waals surface area contributed by atoms with Crippen molar-refractivity contribution >= 4 is 6.08 Å². The third-order valence-corrected chi connectivity index (χ3v) is 3.27. The molecule has 0 aromatic heterocycles. The molecule has 1 fully saturated rings. The van der Waals surface area contributed by atoms with Crippen molar-refractivity contribution in [1.29, 1.82) is 0 Å². The Morgan fingerprint density at radius 2 is 2.21 bits per heavy atom. The predicted molar refractivity (Wildman–Crippen MR) is 56.9 cm³/mol. The summed E-state index contributed by atoms with van der Waals surface area (Å²) in [6.07, 6.45) is 7.01. The molecule has 2 bridgehead atoms. The number of hydrogen-bond donors (Lipinski definition) is 0. The first kappa shape index (κ1) is 8.25. The first-order chi connectivity index (χ1) is 6.77. The van der Waals surface area contributed by atoms with Crippen LogP contribution in [0.25, 0.3) is 6.08 Å². The first-order valence-electron chi connectivity index (χ1n) is 5.23. The van der Waals surface area contributed by atoms with Crippen LogP contribution in [0.5, 0.6) is 0 Å². The topological polar surface area (TPSA) is 9.23 Å². The van der Waals surface area contributed by atoms with Crippen LogP contribution in [0.3, 0.4) is 0 Å². The molecule has 0 radical (unpaired) electrons. The minimum atomic E-state index is -0.0241. The van der Waals surface area contributed by atoms with Crippen LogP contribution in [0.4, 0.5) is 0 Å². The van der Waals surface area contributed by atoms with E-state index >= 15 is 0 Å². The van der Waals surface area contributed by atoms with Gasteiger partial charge >= 0.3 is 0 Å². The number of rotatable bonds is 0. The van der Waals surface area contributed by atoms with Gasteiger partial charge in [0.2, 0.25) is 0 Å². The highest BCUT2D eigenvalue weighted by Gasteiger charge is 2.36. The molecule has 14 heavy (non-hydrogen) atoms. The van der Waals surface area contributed by atoms with Crippen molar-refractivity contribution in [1.82, 2.24) is 0 Å². The Morgan fingerprint density at radius 1 is 1.36 bits per heavy atom. The van der Waals surface area contributed by atoms with Gasteiger partial charge in [0, 0.05) is 0 Å². The summed E-state index contributed by atoms with van der Waals surface area (Å²) in [5.41, 5.74) is 2.65. The monoisotopic (exact) mass is 186 g/mol. The van der Waals surface area contributed by atoms with E-state index in [9.17, 15) is 0 Å². The van der Waals surface area contributed by atoms with E-state index in [1.165, 1.54) is 11.1 Å². The summed E-state index contributed by atoms with van der Waals surface area (Å²) in [4.78, 5) is 0. The molecule has 0 unspecified atom stereocenters. The van der Waals surface area contributed by atoms with E-state index in [2.05, 4.69) is 43.3 Å². The van der Waals surface area contributed by atoms with Crippen molar-refractivity contribution in [2.45, 2.75) is 31.5 Å². The molecule has 1 aromatic rings. The van der Waals surface area contributed by atoms with E-state index in [0.717, 1.165) is 12.8 Å². The maximum Gasteiger partial charge on any atom is 0.0847 e. The van der Waals surface area contributed by atoms with Crippen LogP contribution in [-0.2, 0) is 4.74 Å². The summed E-state index contributed by atoms with van der Waals surface area (Å²) in [7, 11) is 0. The average molecular weight is 186 g/mol. The molecular formula is C13H14O. The van der Waals surface area contributed by atoms with Crippen molar-refractivity contribution < 1.29 is 4.74 Å². The lowest BCUT2D eigenvalue weighted by atomic mass is 9.93. The summed E-state index contributed by atoms with van der Waals surface area (Å²) in [5.74, 6) is 0. The Kier molecular flexibility index (Phi) is 1.59. The molecule has 1 saturated heterocycles. The quantitative estimate of drug-likeness (QED) is 0.604. The van der Waals surface area contributed by atoms with Crippen LogP contribution in [-0.4, -0.2) is 5.60 Å². The number of benzene rings is 1. The Labute approximate surface area is 84.4 Å². The molecule has 2 heterocycles. The zero-order valence-electron chi connectivity index (χ0n) is 8.36. The van der Waals surface area contributed by atoms with Crippen molar-refractivity contribution in [3.63, 3.8) is 0 Å². The van der Waals surface area contributed by atoms with E-state index in [1.807, 2.05) is 0 Å². The zero-order chi connectivity index (χ0) is 9.60. The Morgan fingerprint density at radius 3 is 3.14 bits per heavy atom. The van der Waals surface area contributed by atoms with Crippen LogP contribution in [0.2, 0.25) is 0 Å². The highest BCUT2D eigenvalue weighted by atomic mass is 16.5. The number of ether oxygens (including phenoxy) is 1. The van der Waals surface area contributed by atoms with Gasteiger partial charge in [-0.3, -0.25) is 0 Å². The molecule has 0 saturated carbocycles. The van der Waals surface area contributed by atoms with E-state index in [0.29, 0.717) is 6.10 Å². The van der Waals surface area contributed by atoms with Gasteiger partial charge in [0.1, 0.15) is 0 Å². The molecule has 0 N–H and O–H groups in total. The lowest BCUT2D eigenvalue weighted by molar-refractivity contribution is 0.00569. The summed E-state index contributed by atoms with van der Waals surface area (Å²) < 4.78 is 6.05. The van der Waals surface area contributed by atoms with Gasteiger partial charge < -0.3 is 4.74 Å². The second-order valence-corrected chi connectivity index (χ2v) is 4.42. The first-order valence-corrected chi connectivity index (χ1v) is 5.23. The molecule has 3 rings (SSSR count). The third kappa shape index (κ3) is 1.12. The van der Waals surface area contributed by atoms with Crippen LogP contribution in [0.1, 0.15) is 37.0 Å². The van der Waals surface area contributed by atoms with Crippen molar-refractivity contribution in [3.05, 3.63) is 41.5 Å². The van der Waals surface area contributed by atoms with Gasteiger partial charge in [-0.1, -0.05) is 36.4 Å². The maximum absolute atomic E-state index is 6.05. The molecule has 2 aliphatic heterocycles. The van der Waals surface area contributed by atoms with Crippen LogP contribution < -0.4 is 0 Å². The van der Waals surface area contributed by atoms with Crippen molar-refractivity contribution in [3.8, 4) is 0 Å². The summed E-state index contributed by atoms with van der Waals surface area (Å²) in [5, 5.41) is 0. The fraction of sp³-hybridized carbons (Fsp3) is 0.385. The van der Waals surface area contributed by atoms with E-state index in [1.54, 1.807) is 0 Å². The van der Waals surface area contributed by atoms with E-state index in [-0.39, 0.29) is 5.60 Å². The minimum Gasteiger partial charge on any atom is -0.363 e. The molecule has 0 amide bonds. The largest absolute Gasteiger partial charge is 0.363 e. The number of fused-ring (bicyclic) bond motifs is 4. The van der Waals surface area contributed by atoms with Gasteiger partial charge in [-0.15, -0.1) is 0 Å². The highest BCUT2D eigenvalue weighted by Crippen LogP contribution is 2.43. The molecule has 0 spiro atoms. The van der Waals surface area contributed by atoms with Gasteiger partial charge in [-0.2, -0.15) is 0 Å². The second kappa shape index (κ2) is 2.71. The van der Waals surface area contributed by atoms with Gasteiger partial charge in [0.15, 0.2) is 0 Å². The zero-order valence-corrected chi connectivity index (χ0v) is 8.36. The molecular weight excluding hydrogens is 172 g/mol. The fourth-order valence-corrected chi connectivity index (χ4v) is 2.42. The van der Waals surface area contributed by atoms with E-state index in [4.69, 9.17) is 4.74 Å².